The SMILES string of the molecule is CC1CCC(C(=O)Nc2cnc(Cl)cn2)O1. The van der Waals surface area contributed by atoms with Crippen LogP contribution < -0.4 is 5.32 Å². The summed E-state index contributed by atoms with van der Waals surface area (Å²) in [7, 11) is 0. The predicted molar refractivity (Wildman–Crippen MR) is 59.2 cm³/mol. The Kier molecular flexibility index (Phi) is 3.36. The summed E-state index contributed by atoms with van der Waals surface area (Å²) in [5, 5.41) is 2.93. The molecule has 2 heterocycles. The Morgan fingerprint density at radius 1 is 1.50 bits per heavy atom. The molecule has 1 aromatic heterocycles. The molecule has 0 aromatic carbocycles. The van der Waals surface area contributed by atoms with Crippen LogP contribution in [-0.4, -0.2) is 28.1 Å². The Hall–Kier alpha value is -1.20. The third kappa shape index (κ3) is 2.68. The van der Waals surface area contributed by atoms with Crippen molar-refractivity contribution >= 4 is 23.3 Å². The van der Waals surface area contributed by atoms with Gasteiger partial charge in [0.05, 0.1) is 18.5 Å². The number of hydrogen-bond donors (Lipinski definition) is 1. The van der Waals surface area contributed by atoms with Gasteiger partial charge in [0, 0.05) is 0 Å². The molecule has 0 saturated carbocycles. The van der Waals surface area contributed by atoms with Gasteiger partial charge in [0.2, 0.25) is 0 Å². The molecule has 2 rings (SSSR count). The minimum absolute atomic E-state index is 0.145. The number of hydrogen-bond acceptors (Lipinski definition) is 4. The summed E-state index contributed by atoms with van der Waals surface area (Å²) >= 11 is 5.58. The van der Waals surface area contributed by atoms with E-state index in [0.717, 1.165) is 12.8 Å². The second-order valence-electron chi connectivity index (χ2n) is 3.73. The summed E-state index contributed by atoms with van der Waals surface area (Å²) in [6.07, 6.45) is 4.21. The highest BCUT2D eigenvalue weighted by Crippen LogP contribution is 2.20. The maximum absolute atomic E-state index is 11.7. The number of rotatable bonds is 2. The molecule has 1 N–H and O–H groups in total. The predicted octanol–water partition coefficient (Wildman–Crippen LogP) is 1.64. The van der Waals surface area contributed by atoms with Gasteiger partial charge in [-0.25, -0.2) is 9.97 Å². The summed E-state index contributed by atoms with van der Waals surface area (Å²) in [5.41, 5.74) is 0. The molecule has 1 aliphatic rings. The summed E-state index contributed by atoms with van der Waals surface area (Å²) in [6, 6.07) is 0. The van der Waals surface area contributed by atoms with Crippen molar-refractivity contribution in [2.75, 3.05) is 5.32 Å². The van der Waals surface area contributed by atoms with Crippen LogP contribution in [0.2, 0.25) is 5.15 Å². The number of nitrogens with one attached hydrogen (secondary N) is 1. The molecule has 0 radical (unpaired) electrons. The van der Waals surface area contributed by atoms with Crippen LogP contribution in [0, 0.1) is 0 Å². The Morgan fingerprint density at radius 3 is 2.88 bits per heavy atom. The number of amides is 1. The lowest BCUT2D eigenvalue weighted by Crippen LogP contribution is -2.28. The fraction of sp³-hybridized carbons (Fsp3) is 0.500. The molecule has 6 heteroatoms. The van der Waals surface area contributed by atoms with E-state index in [0.29, 0.717) is 11.0 Å². The first-order valence-electron chi connectivity index (χ1n) is 5.09. The molecule has 1 aromatic rings. The van der Waals surface area contributed by atoms with E-state index in [1.54, 1.807) is 0 Å². The number of aromatic nitrogens is 2. The monoisotopic (exact) mass is 241 g/mol. The third-order valence-corrected chi connectivity index (χ3v) is 2.59. The number of halogens is 1. The van der Waals surface area contributed by atoms with Crippen LogP contribution in [0.15, 0.2) is 12.4 Å². The van der Waals surface area contributed by atoms with Crippen LogP contribution in [0.4, 0.5) is 5.82 Å². The van der Waals surface area contributed by atoms with Crippen molar-refractivity contribution in [3.63, 3.8) is 0 Å². The van der Waals surface area contributed by atoms with E-state index in [1.807, 2.05) is 6.92 Å². The molecule has 1 amide bonds. The molecule has 86 valence electrons. The van der Waals surface area contributed by atoms with Crippen molar-refractivity contribution in [3.8, 4) is 0 Å². The second kappa shape index (κ2) is 4.76. The van der Waals surface area contributed by atoms with Crippen molar-refractivity contribution in [3.05, 3.63) is 17.5 Å². The zero-order chi connectivity index (χ0) is 11.5. The van der Waals surface area contributed by atoms with E-state index in [2.05, 4.69) is 15.3 Å². The Balaban J connectivity index is 1.94. The summed E-state index contributed by atoms with van der Waals surface area (Å²) in [5.74, 6) is 0.207. The lowest BCUT2D eigenvalue weighted by atomic mass is 10.2. The van der Waals surface area contributed by atoms with Crippen molar-refractivity contribution in [1.29, 1.82) is 0 Å². The molecule has 1 saturated heterocycles. The van der Waals surface area contributed by atoms with Gasteiger partial charge in [-0.15, -0.1) is 0 Å². The van der Waals surface area contributed by atoms with Crippen LogP contribution in [0.1, 0.15) is 19.8 Å². The van der Waals surface area contributed by atoms with Gasteiger partial charge in [-0.2, -0.15) is 0 Å². The fourth-order valence-corrected chi connectivity index (χ4v) is 1.68. The van der Waals surface area contributed by atoms with Gasteiger partial charge in [-0.05, 0) is 19.8 Å². The highest BCUT2D eigenvalue weighted by atomic mass is 35.5. The summed E-state index contributed by atoms with van der Waals surface area (Å²) in [6.45, 7) is 1.95. The Morgan fingerprint density at radius 2 is 2.31 bits per heavy atom. The number of anilines is 1. The van der Waals surface area contributed by atoms with Crippen LogP contribution >= 0.6 is 11.6 Å². The third-order valence-electron chi connectivity index (χ3n) is 2.40. The molecule has 5 nitrogen and oxygen atoms in total. The smallest absolute Gasteiger partial charge is 0.254 e. The molecule has 0 spiro atoms. The van der Waals surface area contributed by atoms with Crippen molar-refractivity contribution in [2.24, 2.45) is 0 Å². The quantitative estimate of drug-likeness (QED) is 0.855. The number of ether oxygens (including phenoxy) is 1. The van der Waals surface area contributed by atoms with Crippen LogP contribution in [0.5, 0.6) is 0 Å². The zero-order valence-corrected chi connectivity index (χ0v) is 9.57. The van der Waals surface area contributed by atoms with Gasteiger partial charge in [0.15, 0.2) is 5.82 Å². The number of nitrogens with zero attached hydrogens (tertiary/aromatic N) is 2. The minimum atomic E-state index is -0.382. The largest absolute Gasteiger partial charge is 0.365 e. The van der Waals surface area contributed by atoms with Crippen molar-refractivity contribution < 1.29 is 9.53 Å². The molecule has 0 aliphatic carbocycles. The van der Waals surface area contributed by atoms with E-state index in [4.69, 9.17) is 16.3 Å². The topological polar surface area (TPSA) is 64.1 Å². The molecule has 1 fully saturated rings. The first-order valence-corrected chi connectivity index (χ1v) is 5.47. The van der Waals surface area contributed by atoms with Gasteiger partial charge >= 0.3 is 0 Å². The Bertz CT molecular complexity index is 382. The van der Waals surface area contributed by atoms with Gasteiger partial charge in [-0.3, -0.25) is 4.79 Å². The van der Waals surface area contributed by atoms with E-state index >= 15 is 0 Å². The molecule has 0 bridgehead atoms. The molecule has 2 atom stereocenters. The van der Waals surface area contributed by atoms with E-state index in [-0.39, 0.29) is 18.1 Å². The maximum atomic E-state index is 11.7. The van der Waals surface area contributed by atoms with Gasteiger partial charge in [0.25, 0.3) is 5.91 Å². The minimum Gasteiger partial charge on any atom is -0.365 e. The molecular formula is C10H12ClN3O2. The van der Waals surface area contributed by atoms with Crippen LogP contribution in [0.3, 0.4) is 0 Å². The average molecular weight is 242 g/mol. The highest BCUT2D eigenvalue weighted by Gasteiger charge is 2.28. The van der Waals surface area contributed by atoms with Gasteiger partial charge < -0.3 is 10.1 Å². The molecule has 1 aliphatic heterocycles. The van der Waals surface area contributed by atoms with Gasteiger partial charge in [0.1, 0.15) is 11.3 Å². The van der Waals surface area contributed by atoms with Crippen molar-refractivity contribution in [1.82, 2.24) is 9.97 Å². The number of carbonyl (C=O) groups is 1. The normalized spacial score (nSPS) is 24.4. The Labute approximate surface area is 98.2 Å². The second-order valence-corrected chi connectivity index (χ2v) is 4.11. The van der Waals surface area contributed by atoms with Crippen LogP contribution in [-0.2, 0) is 9.53 Å². The van der Waals surface area contributed by atoms with E-state index in [1.165, 1.54) is 12.4 Å². The highest BCUT2D eigenvalue weighted by molar-refractivity contribution is 6.29. The average Bonchev–Trinajstić information content (AvgIpc) is 2.68. The van der Waals surface area contributed by atoms with Crippen LogP contribution in [0.25, 0.3) is 0 Å². The van der Waals surface area contributed by atoms with Gasteiger partial charge in [-0.1, -0.05) is 11.6 Å². The summed E-state index contributed by atoms with van der Waals surface area (Å²) in [4.78, 5) is 19.5. The molecule has 2 unspecified atom stereocenters. The lowest BCUT2D eigenvalue weighted by molar-refractivity contribution is -0.126. The lowest BCUT2D eigenvalue weighted by Gasteiger charge is -2.10. The van der Waals surface area contributed by atoms with E-state index < -0.39 is 0 Å². The standard InChI is InChI=1S/C10H12ClN3O2/c1-6-2-3-7(16-6)10(15)14-9-5-12-8(11)4-13-9/h4-7H,2-3H2,1H3,(H,13,14,15). The summed E-state index contributed by atoms with van der Waals surface area (Å²) < 4.78 is 5.43. The van der Waals surface area contributed by atoms with E-state index in [9.17, 15) is 4.79 Å². The first kappa shape index (κ1) is 11.3. The molecular weight excluding hydrogens is 230 g/mol. The maximum Gasteiger partial charge on any atom is 0.254 e. The zero-order valence-electron chi connectivity index (χ0n) is 8.81. The fourth-order valence-electron chi connectivity index (χ4n) is 1.58. The number of carbonyl (C=O) groups excluding carboxylic acids is 1. The molecule has 16 heavy (non-hydrogen) atoms. The first-order chi connectivity index (χ1) is 7.65. The van der Waals surface area contributed by atoms with Crippen molar-refractivity contribution in [2.45, 2.75) is 32.0 Å².